The van der Waals surface area contributed by atoms with Gasteiger partial charge in [0, 0.05) is 29.7 Å². The molecule has 0 unspecified atom stereocenters. The van der Waals surface area contributed by atoms with Crippen LogP contribution in [0.25, 0.3) is 22.2 Å². The first-order chi connectivity index (χ1) is 8.16. The third-order valence-corrected chi connectivity index (χ3v) is 3.54. The highest BCUT2D eigenvalue weighted by atomic mass is 32.1. The van der Waals surface area contributed by atoms with E-state index in [4.69, 9.17) is 11.5 Å². The van der Waals surface area contributed by atoms with Gasteiger partial charge in [0.2, 0.25) is 0 Å². The second kappa shape index (κ2) is 3.49. The van der Waals surface area contributed by atoms with Crippen molar-refractivity contribution >= 4 is 32.4 Å². The van der Waals surface area contributed by atoms with Crippen LogP contribution in [0.3, 0.4) is 0 Å². The predicted octanol–water partition coefficient (Wildman–Crippen LogP) is 2.47. The molecule has 5 heteroatoms. The fourth-order valence-corrected chi connectivity index (χ4v) is 2.69. The summed E-state index contributed by atoms with van der Waals surface area (Å²) in [6, 6.07) is 8.17. The number of fused-ring (bicyclic) bond motifs is 1. The Bertz CT molecular complexity index is 696. The van der Waals surface area contributed by atoms with Crippen LogP contribution >= 0.6 is 11.3 Å². The van der Waals surface area contributed by atoms with Crippen molar-refractivity contribution in [3.63, 3.8) is 0 Å². The number of thiazole rings is 1. The highest BCUT2D eigenvalue weighted by Crippen LogP contribution is 2.36. The SMILES string of the molecule is Cn1cc(-c2nc(N)sc2N)c2ccccc21. The molecule has 0 aliphatic heterocycles. The maximum Gasteiger partial charge on any atom is 0.182 e. The van der Waals surface area contributed by atoms with Gasteiger partial charge < -0.3 is 16.0 Å². The Labute approximate surface area is 102 Å². The third-order valence-electron chi connectivity index (χ3n) is 2.82. The molecular formula is C12H12N4S. The van der Waals surface area contributed by atoms with Gasteiger partial charge in [0.25, 0.3) is 0 Å². The molecule has 0 aliphatic rings. The predicted molar refractivity (Wildman–Crippen MR) is 72.9 cm³/mol. The first-order valence-corrected chi connectivity index (χ1v) is 6.04. The van der Waals surface area contributed by atoms with E-state index in [1.807, 2.05) is 25.4 Å². The lowest BCUT2D eigenvalue weighted by Crippen LogP contribution is -1.86. The maximum atomic E-state index is 5.94. The molecule has 2 aromatic heterocycles. The Balaban J connectivity index is 2.34. The maximum absolute atomic E-state index is 5.94. The fraction of sp³-hybridized carbons (Fsp3) is 0.0833. The molecule has 0 radical (unpaired) electrons. The molecule has 3 rings (SSSR count). The number of hydrogen-bond acceptors (Lipinski definition) is 4. The summed E-state index contributed by atoms with van der Waals surface area (Å²) < 4.78 is 2.07. The van der Waals surface area contributed by atoms with E-state index in [9.17, 15) is 0 Å². The van der Waals surface area contributed by atoms with Crippen molar-refractivity contribution in [3.05, 3.63) is 30.5 Å². The van der Waals surface area contributed by atoms with Gasteiger partial charge in [-0.15, -0.1) is 0 Å². The molecule has 0 spiro atoms. The molecule has 0 fully saturated rings. The van der Waals surface area contributed by atoms with E-state index >= 15 is 0 Å². The summed E-state index contributed by atoms with van der Waals surface area (Å²) in [6.45, 7) is 0. The molecule has 1 aromatic carbocycles. The highest BCUT2D eigenvalue weighted by Gasteiger charge is 2.14. The van der Waals surface area contributed by atoms with Gasteiger partial charge in [-0.2, -0.15) is 0 Å². The average Bonchev–Trinajstić information content (AvgIpc) is 2.80. The minimum atomic E-state index is 0.505. The molecule has 3 aromatic rings. The number of anilines is 2. The van der Waals surface area contributed by atoms with Crippen LogP contribution in [0, 0.1) is 0 Å². The van der Waals surface area contributed by atoms with Crippen molar-refractivity contribution in [2.75, 3.05) is 11.5 Å². The van der Waals surface area contributed by atoms with Crippen LogP contribution in [-0.2, 0) is 7.05 Å². The molecule has 4 nitrogen and oxygen atoms in total. The number of aryl methyl sites for hydroxylation is 1. The lowest BCUT2D eigenvalue weighted by atomic mass is 10.1. The molecule has 17 heavy (non-hydrogen) atoms. The quantitative estimate of drug-likeness (QED) is 0.691. The van der Waals surface area contributed by atoms with Crippen LogP contribution < -0.4 is 11.5 Å². The number of nitrogens with zero attached hydrogens (tertiary/aromatic N) is 2. The molecule has 0 saturated carbocycles. The molecule has 86 valence electrons. The van der Waals surface area contributed by atoms with Gasteiger partial charge in [-0.05, 0) is 6.07 Å². The lowest BCUT2D eigenvalue weighted by molar-refractivity contribution is 0.970. The van der Waals surface area contributed by atoms with E-state index in [-0.39, 0.29) is 0 Å². The Morgan fingerprint density at radius 2 is 2.00 bits per heavy atom. The van der Waals surface area contributed by atoms with Gasteiger partial charge in [0.05, 0.1) is 0 Å². The standard InChI is InChI=1S/C12H12N4S/c1-16-6-8(7-4-2-3-5-9(7)16)10-11(13)17-12(14)15-10/h2-6H,13H2,1H3,(H2,14,15). The topological polar surface area (TPSA) is 69.9 Å². The Morgan fingerprint density at radius 1 is 1.24 bits per heavy atom. The first kappa shape index (κ1) is 10.2. The fourth-order valence-electron chi connectivity index (χ4n) is 2.07. The van der Waals surface area contributed by atoms with E-state index in [1.54, 1.807) is 0 Å². The molecule has 0 amide bonds. The number of nitrogen functional groups attached to an aromatic ring is 2. The minimum Gasteiger partial charge on any atom is -0.389 e. The zero-order valence-corrected chi connectivity index (χ0v) is 10.2. The van der Waals surface area contributed by atoms with Gasteiger partial charge in [-0.3, -0.25) is 0 Å². The van der Waals surface area contributed by atoms with Crippen LogP contribution in [0.15, 0.2) is 30.5 Å². The van der Waals surface area contributed by atoms with Crippen LogP contribution in [0.5, 0.6) is 0 Å². The number of para-hydroxylation sites is 1. The monoisotopic (exact) mass is 244 g/mol. The van der Waals surface area contributed by atoms with Crippen molar-refractivity contribution in [3.8, 4) is 11.3 Å². The van der Waals surface area contributed by atoms with Gasteiger partial charge in [-0.1, -0.05) is 29.5 Å². The normalized spacial score (nSPS) is 11.1. The van der Waals surface area contributed by atoms with E-state index in [0.717, 1.165) is 22.2 Å². The zero-order chi connectivity index (χ0) is 12.0. The smallest absolute Gasteiger partial charge is 0.182 e. The Hall–Kier alpha value is -2.01. The first-order valence-electron chi connectivity index (χ1n) is 5.23. The van der Waals surface area contributed by atoms with Crippen molar-refractivity contribution < 1.29 is 0 Å². The summed E-state index contributed by atoms with van der Waals surface area (Å²) in [5.74, 6) is 0. The van der Waals surface area contributed by atoms with Gasteiger partial charge >= 0.3 is 0 Å². The van der Waals surface area contributed by atoms with Crippen LogP contribution in [0.4, 0.5) is 10.1 Å². The van der Waals surface area contributed by atoms with Crippen molar-refractivity contribution in [2.24, 2.45) is 7.05 Å². The van der Waals surface area contributed by atoms with Crippen LogP contribution in [-0.4, -0.2) is 9.55 Å². The Kier molecular flexibility index (Phi) is 2.09. The molecule has 0 bridgehead atoms. The Morgan fingerprint density at radius 3 is 2.71 bits per heavy atom. The van der Waals surface area contributed by atoms with Crippen molar-refractivity contribution in [2.45, 2.75) is 0 Å². The average molecular weight is 244 g/mol. The summed E-state index contributed by atoms with van der Waals surface area (Å²) in [5, 5.41) is 2.32. The number of benzene rings is 1. The number of hydrogen-bond donors (Lipinski definition) is 2. The van der Waals surface area contributed by atoms with Crippen molar-refractivity contribution in [1.29, 1.82) is 0 Å². The van der Waals surface area contributed by atoms with Gasteiger partial charge in [0.15, 0.2) is 5.13 Å². The molecular weight excluding hydrogens is 232 g/mol. The molecule has 0 atom stereocenters. The molecule has 2 heterocycles. The number of rotatable bonds is 1. The lowest BCUT2D eigenvalue weighted by Gasteiger charge is -1.95. The second-order valence-electron chi connectivity index (χ2n) is 3.94. The summed E-state index contributed by atoms with van der Waals surface area (Å²) in [4.78, 5) is 4.30. The van der Waals surface area contributed by atoms with Crippen LogP contribution in [0.1, 0.15) is 0 Å². The summed E-state index contributed by atoms with van der Waals surface area (Å²) in [7, 11) is 2.01. The van der Waals surface area contributed by atoms with E-state index in [0.29, 0.717) is 10.1 Å². The summed E-state index contributed by atoms with van der Waals surface area (Å²) in [6.07, 6.45) is 2.04. The molecule has 4 N–H and O–H groups in total. The zero-order valence-electron chi connectivity index (χ0n) is 9.34. The number of nitrogens with two attached hydrogens (primary N) is 2. The van der Waals surface area contributed by atoms with E-state index in [1.165, 1.54) is 11.3 Å². The minimum absolute atomic E-state index is 0.505. The summed E-state index contributed by atoms with van der Waals surface area (Å²) >= 11 is 1.32. The van der Waals surface area contributed by atoms with Gasteiger partial charge in [0.1, 0.15) is 10.7 Å². The molecule has 0 saturated heterocycles. The summed E-state index contributed by atoms with van der Waals surface area (Å²) in [5.41, 5.74) is 14.6. The van der Waals surface area contributed by atoms with Crippen LogP contribution in [0.2, 0.25) is 0 Å². The highest BCUT2D eigenvalue weighted by molar-refractivity contribution is 7.19. The van der Waals surface area contributed by atoms with E-state index < -0.39 is 0 Å². The van der Waals surface area contributed by atoms with E-state index in [2.05, 4.69) is 21.7 Å². The third kappa shape index (κ3) is 1.47. The molecule has 0 aliphatic carbocycles. The largest absolute Gasteiger partial charge is 0.389 e. The van der Waals surface area contributed by atoms with Crippen molar-refractivity contribution in [1.82, 2.24) is 9.55 Å². The van der Waals surface area contributed by atoms with Gasteiger partial charge in [-0.25, -0.2) is 4.98 Å². The second-order valence-corrected chi connectivity index (χ2v) is 5.00. The number of aromatic nitrogens is 2.